The van der Waals surface area contributed by atoms with Crippen LogP contribution in [0.1, 0.15) is 6.42 Å². The van der Waals surface area contributed by atoms with Crippen LogP contribution in [-0.2, 0) is 0 Å². The summed E-state index contributed by atoms with van der Waals surface area (Å²) in [6, 6.07) is 9.05. The van der Waals surface area contributed by atoms with Gasteiger partial charge in [0.25, 0.3) is 0 Å². The monoisotopic (exact) mass is 247 g/mol. The van der Waals surface area contributed by atoms with Gasteiger partial charge in [-0.25, -0.2) is 0 Å². The summed E-state index contributed by atoms with van der Waals surface area (Å²) >= 11 is 0. The minimum atomic E-state index is -0.549. The Balaban J connectivity index is 2.15. The molecule has 7 heteroatoms. The Morgan fingerprint density at radius 1 is 1.44 bits per heavy atom. The van der Waals surface area contributed by atoms with E-state index in [-0.39, 0.29) is 11.7 Å². The van der Waals surface area contributed by atoms with E-state index in [2.05, 4.69) is 20.8 Å². The fourth-order valence-corrected chi connectivity index (χ4v) is 1.49. The third-order valence-corrected chi connectivity index (χ3v) is 2.35. The van der Waals surface area contributed by atoms with Gasteiger partial charge in [0, 0.05) is 13.1 Å². The van der Waals surface area contributed by atoms with Gasteiger partial charge in [-0.3, -0.25) is 4.99 Å². The highest BCUT2D eigenvalue weighted by Gasteiger charge is 2.23. The first-order valence-electron chi connectivity index (χ1n) is 5.59. The lowest BCUT2D eigenvalue weighted by molar-refractivity contribution is -0.346. The Bertz CT molecular complexity index is 483. The van der Waals surface area contributed by atoms with E-state index in [1.807, 2.05) is 18.2 Å². The first kappa shape index (κ1) is 12.0. The predicted octanol–water partition coefficient (Wildman–Crippen LogP) is 1.08. The zero-order valence-electron chi connectivity index (χ0n) is 9.67. The molecule has 0 saturated carbocycles. The fourth-order valence-electron chi connectivity index (χ4n) is 1.49. The summed E-state index contributed by atoms with van der Waals surface area (Å²) in [5, 5.41) is 17.6. The van der Waals surface area contributed by atoms with Gasteiger partial charge in [0.2, 0.25) is 5.84 Å². The number of nitrogens with one attached hydrogen (secondary N) is 2. The summed E-state index contributed by atoms with van der Waals surface area (Å²) in [4.78, 5) is 14.4. The Kier molecular flexibility index (Phi) is 3.85. The molecule has 0 aliphatic carbocycles. The molecule has 0 atom stereocenters. The average Bonchev–Trinajstić information content (AvgIpc) is 2.41. The van der Waals surface area contributed by atoms with Gasteiger partial charge < -0.3 is 15.4 Å². The topological polar surface area (TPSA) is 91.9 Å². The number of anilines is 1. The maximum atomic E-state index is 10.9. The van der Waals surface area contributed by atoms with Crippen LogP contribution in [-0.4, -0.2) is 29.7 Å². The smallest absolute Gasteiger partial charge is 0.363 e. The summed E-state index contributed by atoms with van der Waals surface area (Å²) in [7, 11) is 0. The number of amidine groups is 2. The van der Waals surface area contributed by atoms with Crippen LogP contribution in [0.2, 0.25) is 0 Å². The molecule has 2 rings (SSSR count). The number of para-hydroxylation sites is 1. The molecule has 1 aliphatic heterocycles. The molecular weight excluding hydrogens is 234 g/mol. The van der Waals surface area contributed by atoms with Crippen LogP contribution < -0.4 is 10.7 Å². The molecule has 0 radical (unpaired) electrons. The first-order chi connectivity index (χ1) is 8.77. The third-order valence-electron chi connectivity index (χ3n) is 2.35. The molecule has 1 aliphatic rings. The van der Waals surface area contributed by atoms with Crippen LogP contribution in [0.15, 0.2) is 40.4 Å². The maximum Gasteiger partial charge on any atom is 0.430 e. The molecular formula is C11H13N5O2. The SMILES string of the molecule is O=[N+]([O-])/C(=N\Nc1ccccc1)C1=NCCCN1. The zero-order valence-corrected chi connectivity index (χ0v) is 9.67. The number of aliphatic imine (C=N–C) groups is 1. The summed E-state index contributed by atoms with van der Waals surface area (Å²) in [5.74, 6) is -0.0618. The third kappa shape index (κ3) is 3.03. The molecule has 94 valence electrons. The molecule has 0 aromatic heterocycles. The van der Waals surface area contributed by atoms with Gasteiger partial charge in [0.05, 0.1) is 10.8 Å². The summed E-state index contributed by atoms with van der Waals surface area (Å²) < 4.78 is 0. The molecule has 0 spiro atoms. The highest BCUT2D eigenvalue weighted by atomic mass is 16.6. The van der Waals surface area contributed by atoms with E-state index in [0.29, 0.717) is 18.8 Å². The van der Waals surface area contributed by atoms with Crippen LogP contribution in [0.5, 0.6) is 0 Å². The molecule has 1 aromatic rings. The van der Waals surface area contributed by atoms with Gasteiger partial charge in [0.1, 0.15) is 0 Å². The second kappa shape index (κ2) is 5.76. The van der Waals surface area contributed by atoms with Gasteiger partial charge in [-0.2, -0.15) is 5.43 Å². The van der Waals surface area contributed by atoms with Crippen molar-refractivity contribution < 1.29 is 4.92 Å². The van der Waals surface area contributed by atoms with Crippen LogP contribution in [0.3, 0.4) is 0 Å². The van der Waals surface area contributed by atoms with Crippen molar-refractivity contribution in [1.29, 1.82) is 0 Å². The molecule has 0 saturated heterocycles. The minimum absolute atomic E-state index is 0.231. The molecule has 7 nitrogen and oxygen atoms in total. The van der Waals surface area contributed by atoms with E-state index in [4.69, 9.17) is 0 Å². The van der Waals surface area contributed by atoms with Gasteiger partial charge in [0.15, 0.2) is 0 Å². The van der Waals surface area contributed by atoms with Crippen molar-refractivity contribution in [3.63, 3.8) is 0 Å². The Morgan fingerprint density at radius 3 is 2.83 bits per heavy atom. The van der Waals surface area contributed by atoms with Crippen LogP contribution in [0.25, 0.3) is 0 Å². The summed E-state index contributed by atoms with van der Waals surface area (Å²) in [6.45, 7) is 1.26. The van der Waals surface area contributed by atoms with Gasteiger partial charge >= 0.3 is 5.84 Å². The molecule has 1 heterocycles. The van der Waals surface area contributed by atoms with Crippen molar-refractivity contribution in [3.8, 4) is 0 Å². The van der Waals surface area contributed by atoms with Crippen molar-refractivity contribution in [3.05, 3.63) is 40.4 Å². The first-order valence-corrected chi connectivity index (χ1v) is 5.59. The lowest BCUT2D eigenvalue weighted by atomic mass is 10.3. The Morgan fingerprint density at radius 2 is 2.22 bits per heavy atom. The molecule has 0 amide bonds. The zero-order chi connectivity index (χ0) is 12.8. The molecule has 1 aromatic carbocycles. The highest BCUT2D eigenvalue weighted by molar-refractivity contribution is 6.37. The normalized spacial score (nSPS) is 15.6. The van der Waals surface area contributed by atoms with Crippen LogP contribution >= 0.6 is 0 Å². The number of rotatable bonds is 3. The van der Waals surface area contributed by atoms with Crippen molar-refractivity contribution in [1.82, 2.24) is 5.32 Å². The number of hydrogen-bond donors (Lipinski definition) is 2. The summed E-state index contributed by atoms with van der Waals surface area (Å²) in [6.07, 6.45) is 0.876. The van der Waals surface area contributed by atoms with Crippen molar-refractivity contribution in [2.45, 2.75) is 6.42 Å². The molecule has 2 N–H and O–H groups in total. The largest absolute Gasteiger partial charge is 0.430 e. The number of hydrogen-bond acceptors (Lipinski definition) is 6. The Labute approximate surface area is 104 Å². The minimum Gasteiger partial charge on any atom is -0.363 e. The van der Waals surface area contributed by atoms with Crippen LogP contribution in [0.4, 0.5) is 5.69 Å². The van der Waals surface area contributed by atoms with E-state index in [0.717, 1.165) is 6.42 Å². The van der Waals surface area contributed by atoms with Crippen molar-refractivity contribution in [2.75, 3.05) is 18.5 Å². The van der Waals surface area contributed by atoms with Crippen molar-refractivity contribution in [2.24, 2.45) is 10.1 Å². The highest BCUT2D eigenvalue weighted by Crippen LogP contribution is 2.05. The van der Waals surface area contributed by atoms with E-state index in [1.54, 1.807) is 12.1 Å². The van der Waals surface area contributed by atoms with Gasteiger partial charge in [-0.1, -0.05) is 18.2 Å². The maximum absolute atomic E-state index is 10.9. The van der Waals surface area contributed by atoms with E-state index in [1.165, 1.54) is 0 Å². The van der Waals surface area contributed by atoms with E-state index in [9.17, 15) is 10.1 Å². The quantitative estimate of drug-likeness (QED) is 0.362. The Hall–Kier alpha value is -2.44. The van der Waals surface area contributed by atoms with E-state index < -0.39 is 4.92 Å². The van der Waals surface area contributed by atoms with Gasteiger partial charge in [-0.05, 0) is 23.5 Å². The second-order valence-corrected chi connectivity index (χ2v) is 3.68. The number of benzene rings is 1. The number of nitrogens with zero attached hydrogens (tertiary/aromatic N) is 3. The lowest BCUT2D eigenvalue weighted by Gasteiger charge is -2.11. The number of nitro groups is 1. The number of hydrazone groups is 1. The van der Waals surface area contributed by atoms with Crippen LogP contribution in [0, 0.1) is 10.1 Å². The average molecular weight is 247 g/mol. The molecule has 18 heavy (non-hydrogen) atoms. The fraction of sp³-hybridized carbons (Fsp3) is 0.273. The van der Waals surface area contributed by atoms with E-state index >= 15 is 0 Å². The predicted molar refractivity (Wildman–Crippen MR) is 69.4 cm³/mol. The molecule has 0 unspecified atom stereocenters. The van der Waals surface area contributed by atoms with Crippen molar-refractivity contribution >= 4 is 17.4 Å². The lowest BCUT2D eigenvalue weighted by Crippen LogP contribution is -2.39. The second-order valence-electron chi connectivity index (χ2n) is 3.68. The van der Waals surface area contributed by atoms with Gasteiger partial charge in [-0.15, -0.1) is 0 Å². The molecule has 0 fully saturated rings. The summed E-state index contributed by atoms with van der Waals surface area (Å²) in [5.41, 5.74) is 3.34. The molecule has 0 bridgehead atoms. The standard InChI is InChI=1S/C11H13N5O2/c17-16(18)11(10-12-7-4-8-13-10)15-14-9-5-2-1-3-6-9/h1-3,5-6,14H,4,7-8H2,(H,12,13)/b15-11-.